The smallest absolute Gasteiger partial charge is 0.200 e. The lowest BCUT2D eigenvalue weighted by Crippen LogP contribution is -2.19. The van der Waals surface area contributed by atoms with Crippen molar-refractivity contribution in [2.75, 3.05) is 0 Å². The molecule has 2 rings (SSSR count). The van der Waals surface area contributed by atoms with E-state index in [-0.39, 0.29) is 4.90 Å². The Bertz CT molecular complexity index is 769. The predicted molar refractivity (Wildman–Crippen MR) is 88.0 cm³/mol. The maximum Gasteiger partial charge on any atom is 0.276 e. The van der Waals surface area contributed by atoms with Crippen LogP contribution in [-0.2, 0) is 10.0 Å². The second-order valence-electron chi connectivity index (χ2n) is 4.67. The quantitative estimate of drug-likeness (QED) is 0.665. The molecule has 0 aliphatic heterocycles. The number of aryl methyl sites for hydroxylation is 2. The summed E-state index contributed by atoms with van der Waals surface area (Å²) in [6.07, 6.45) is 1.47. The molecular weight excluding hydrogens is 352 g/mol. The third-order valence-electron chi connectivity index (χ3n) is 2.89. The summed E-state index contributed by atoms with van der Waals surface area (Å²) in [5.74, 6) is 0. The van der Waals surface area contributed by atoms with Crippen molar-refractivity contribution in [3.63, 3.8) is 0 Å². The first-order valence-corrected chi connectivity index (χ1v) is 8.54. The molecule has 2 aromatic rings. The van der Waals surface area contributed by atoms with E-state index < -0.39 is 10.0 Å². The summed E-state index contributed by atoms with van der Waals surface area (Å²) in [4.78, 5) is 2.48. The summed E-state index contributed by atoms with van der Waals surface area (Å²) in [6.45, 7) is 3.61. The Balaban J connectivity index is 2.18. The normalized spacial score (nSPS) is 11.8. The van der Waals surface area contributed by atoms with Gasteiger partial charge in [-0.15, -0.1) is 0 Å². The highest BCUT2D eigenvalue weighted by Gasteiger charge is 2.15. The first kappa shape index (κ1) is 15.7. The minimum absolute atomic E-state index is 0.246. The third kappa shape index (κ3) is 4.15. The van der Waals surface area contributed by atoms with E-state index in [0.717, 1.165) is 15.6 Å². The largest absolute Gasteiger partial charge is 0.276 e. The molecule has 6 heteroatoms. The molecule has 4 nitrogen and oxygen atoms in total. The summed E-state index contributed by atoms with van der Waals surface area (Å²) in [5.41, 5.74) is 2.38. The summed E-state index contributed by atoms with van der Waals surface area (Å²) >= 11 is 3.33. The van der Waals surface area contributed by atoms with Gasteiger partial charge in [0.25, 0.3) is 10.0 Å². The summed E-state index contributed by atoms with van der Waals surface area (Å²) in [7, 11) is -3.65. The van der Waals surface area contributed by atoms with E-state index in [4.69, 9.17) is 0 Å². The lowest BCUT2D eigenvalue weighted by molar-refractivity contribution is 0.584. The molecule has 110 valence electrons. The number of sulfonamides is 1. The Morgan fingerprint density at radius 3 is 2.43 bits per heavy atom. The van der Waals surface area contributed by atoms with Crippen LogP contribution in [0.2, 0.25) is 0 Å². The van der Waals surface area contributed by atoms with Crippen LogP contribution in [0.1, 0.15) is 16.7 Å². The molecule has 0 atom stereocenters. The van der Waals surface area contributed by atoms with Crippen LogP contribution in [0.5, 0.6) is 0 Å². The Hall–Kier alpha value is -1.66. The molecule has 0 amide bonds. The van der Waals surface area contributed by atoms with Crippen molar-refractivity contribution in [1.29, 1.82) is 0 Å². The average Bonchev–Trinajstić information content (AvgIpc) is 2.43. The van der Waals surface area contributed by atoms with Gasteiger partial charge in [0.15, 0.2) is 0 Å². The molecule has 0 radical (unpaired) electrons. The number of nitrogens with one attached hydrogen (secondary N) is 1. The molecule has 0 saturated heterocycles. The molecule has 0 bridgehead atoms. The fourth-order valence-electron chi connectivity index (χ4n) is 1.77. The van der Waals surface area contributed by atoms with Crippen molar-refractivity contribution in [1.82, 2.24) is 4.83 Å². The number of hydrogen-bond donors (Lipinski definition) is 1. The molecule has 0 saturated carbocycles. The van der Waals surface area contributed by atoms with E-state index >= 15 is 0 Å². The molecule has 2 aromatic carbocycles. The van der Waals surface area contributed by atoms with Gasteiger partial charge in [0.05, 0.1) is 11.1 Å². The number of benzene rings is 2. The second-order valence-corrected chi connectivity index (χ2v) is 7.22. The van der Waals surface area contributed by atoms with E-state index in [2.05, 4.69) is 25.9 Å². The van der Waals surface area contributed by atoms with Gasteiger partial charge in [0, 0.05) is 4.47 Å². The highest BCUT2D eigenvalue weighted by molar-refractivity contribution is 9.10. The van der Waals surface area contributed by atoms with Crippen LogP contribution in [0.4, 0.5) is 0 Å². The molecule has 21 heavy (non-hydrogen) atoms. The predicted octanol–water partition coefficient (Wildman–Crippen LogP) is 3.38. The van der Waals surface area contributed by atoms with Gasteiger partial charge in [0.2, 0.25) is 0 Å². The monoisotopic (exact) mass is 366 g/mol. The zero-order valence-corrected chi connectivity index (χ0v) is 14.1. The Kier molecular flexibility index (Phi) is 4.80. The maximum absolute atomic E-state index is 12.2. The van der Waals surface area contributed by atoms with Crippen LogP contribution >= 0.6 is 15.9 Å². The molecule has 0 aliphatic carbocycles. The summed E-state index contributed by atoms with van der Waals surface area (Å²) in [5, 5.41) is 3.81. The molecule has 0 spiro atoms. The highest BCUT2D eigenvalue weighted by Crippen LogP contribution is 2.16. The van der Waals surface area contributed by atoms with E-state index in [1.165, 1.54) is 6.21 Å². The van der Waals surface area contributed by atoms with Gasteiger partial charge >= 0.3 is 0 Å². The Morgan fingerprint density at radius 1 is 1.10 bits per heavy atom. The van der Waals surface area contributed by atoms with Crippen LogP contribution in [0.15, 0.2) is 56.9 Å². The standard InChI is InChI=1S/C15H15BrN2O2S/c1-11-3-4-12(2)15(9-11)21(19,20)18-17-10-13-5-7-14(16)8-6-13/h3-10,18H,1-2H3. The molecular formula is C15H15BrN2O2S. The van der Waals surface area contributed by atoms with Gasteiger partial charge in [-0.1, -0.05) is 40.2 Å². The van der Waals surface area contributed by atoms with Gasteiger partial charge in [-0.05, 0) is 48.7 Å². The first-order valence-electron chi connectivity index (χ1n) is 6.26. The van der Waals surface area contributed by atoms with E-state index in [1.807, 2.05) is 37.3 Å². The third-order valence-corrected chi connectivity index (χ3v) is 4.78. The van der Waals surface area contributed by atoms with Gasteiger partial charge in [-0.3, -0.25) is 0 Å². The zero-order chi connectivity index (χ0) is 15.5. The summed E-state index contributed by atoms with van der Waals surface area (Å²) < 4.78 is 25.4. The lowest BCUT2D eigenvalue weighted by Gasteiger charge is -2.07. The minimum Gasteiger partial charge on any atom is -0.200 e. The number of halogens is 1. The van der Waals surface area contributed by atoms with Gasteiger partial charge in [-0.25, -0.2) is 4.83 Å². The lowest BCUT2D eigenvalue weighted by atomic mass is 10.2. The number of rotatable bonds is 4. The SMILES string of the molecule is Cc1ccc(C)c(S(=O)(=O)NN=Cc2ccc(Br)cc2)c1. The van der Waals surface area contributed by atoms with Crippen molar-refractivity contribution in [3.8, 4) is 0 Å². The van der Waals surface area contributed by atoms with Crippen LogP contribution in [0.25, 0.3) is 0 Å². The van der Waals surface area contributed by atoms with Crippen LogP contribution in [0, 0.1) is 13.8 Å². The van der Waals surface area contributed by atoms with Crippen LogP contribution < -0.4 is 4.83 Å². The maximum atomic E-state index is 12.2. The zero-order valence-electron chi connectivity index (χ0n) is 11.7. The van der Waals surface area contributed by atoms with Crippen molar-refractivity contribution in [3.05, 3.63) is 63.6 Å². The van der Waals surface area contributed by atoms with E-state index in [9.17, 15) is 8.42 Å². The number of hydrogen-bond acceptors (Lipinski definition) is 3. The second kappa shape index (κ2) is 6.41. The minimum atomic E-state index is -3.65. The van der Waals surface area contributed by atoms with Crippen LogP contribution in [0.3, 0.4) is 0 Å². The molecule has 0 aromatic heterocycles. The fraction of sp³-hybridized carbons (Fsp3) is 0.133. The molecule has 0 fully saturated rings. The Labute approximate surface area is 133 Å². The Morgan fingerprint density at radius 2 is 1.76 bits per heavy atom. The fourth-order valence-corrected chi connectivity index (χ4v) is 3.15. The highest BCUT2D eigenvalue weighted by atomic mass is 79.9. The van der Waals surface area contributed by atoms with Gasteiger partial charge in [0.1, 0.15) is 0 Å². The molecule has 0 heterocycles. The van der Waals surface area contributed by atoms with Crippen LogP contribution in [-0.4, -0.2) is 14.6 Å². The van der Waals surface area contributed by atoms with Crippen molar-refractivity contribution >= 4 is 32.2 Å². The van der Waals surface area contributed by atoms with Gasteiger partial charge in [-0.2, -0.15) is 13.5 Å². The van der Waals surface area contributed by atoms with Crippen molar-refractivity contribution in [2.24, 2.45) is 5.10 Å². The molecule has 1 N–H and O–H groups in total. The van der Waals surface area contributed by atoms with E-state index in [1.54, 1.807) is 19.1 Å². The van der Waals surface area contributed by atoms with Crippen molar-refractivity contribution in [2.45, 2.75) is 18.7 Å². The van der Waals surface area contributed by atoms with Crippen molar-refractivity contribution < 1.29 is 8.42 Å². The summed E-state index contributed by atoms with van der Waals surface area (Å²) in [6, 6.07) is 12.7. The number of nitrogens with zero attached hydrogens (tertiary/aromatic N) is 1. The van der Waals surface area contributed by atoms with E-state index in [0.29, 0.717) is 5.56 Å². The number of hydrazone groups is 1. The van der Waals surface area contributed by atoms with Gasteiger partial charge < -0.3 is 0 Å². The average molecular weight is 367 g/mol. The first-order chi connectivity index (χ1) is 9.88. The molecule has 0 aliphatic rings. The topological polar surface area (TPSA) is 58.5 Å². The molecule has 0 unspecified atom stereocenters.